The summed E-state index contributed by atoms with van der Waals surface area (Å²) in [5.41, 5.74) is 1.47. The van der Waals surface area contributed by atoms with Gasteiger partial charge in [-0.15, -0.1) is 10.2 Å². The van der Waals surface area contributed by atoms with Crippen molar-refractivity contribution in [3.8, 4) is 17.2 Å². The molecule has 5 nitrogen and oxygen atoms in total. The van der Waals surface area contributed by atoms with E-state index in [0.717, 1.165) is 5.69 Å². The molecule has 23 heavy (non-hydrogen) atoms. The van der Waals surface area contributed by atoms with Gasteiger partial charge in [0.25, 0.3) is 0 Å². The molecule has 1 aromatic heterocycles. The topological polar surface area (TPSA) is 60.2 Å². The highest BCUT2D eigenvalue weighted by Gasteiger charge is 2.09. The van der Waals surface area contributed by atoms with Crippen LogP contribution in [0.4, 0.5) is 10.1 Å². The third-order valence-electron chi connectivity index (χ3n) is 3.15. The molecule has 0 saturated heterocycles. The van der Waals surface area contributed by atoms with Crippen LogP contribution in [0.25, 0.3) is 11.5 Å². The molecule has 118 valence electrons. The highest BCUT2D eigenvalue weighted by Crippen LogP contribution is 2.27. The number of hydrogen-bond donors (Lipinski definition) is 1. The summed E-state index contributed by atoms with van der Waals surface area (Å²) in [6.45, 7) is 0.344. The van der Waals surface area contributed by atoms with Crippen molar-refractivity contribution in [2.75, 3.05) is 12.4 Å². The minimum atomic E-state index is -0.313. The van der Waals surface area contributed by atoms with E-state index in [9.17, 15) is 4.39 Å². The summed E-state index contributed by atoms with van der Waals surface area (Å²) in [6.07, 6.45) is 0. The van der Waals surface area contributed by atoms with Crippen molar-refractivity contribution in [1.29, 1.82) is 0 Å². The van der Waals surface area contributed by atoms with E-state index in [0.29, 0.717) is 34.7 Å². The Balaban J connectivity index is 1.67. The third kappa shape index (κ3) is 3.60. The molecule has 0 aliphatic rings. The molecule has 1 heterocycles. The fourth-order valence-corrected chi connectivity index (χ4v) is 2.25. The van der Waals surface area contributed by atoms with E-state index in [1.54, 1.807) is 31.4 Å². The van der Waals surface area contributed by atoms with E-state index in [2.05, 4.69) is 15.5 Å². The number of nitrogens with zero attached hydrogens (tertiary/aromatic N) is 2. The molecule has 0 unspecified atom stereocenters. The SMILES string of the molecule is COc1ccc(NCc2nnc(-c3ccc(F)cc3)o2)cc1Cl. The van der Waals surface area contributed by atoms with Gasteiger partial charge in [0.1, 0.15) is 11.6 Å². The Kier molecular flexibility index (Phi) is 4.43. The van der Waals surface area contributed by atoms with Gasteiger partial charge in [0.2, 0.25) is 11.8 Å². The lowest BCUT2D eigenvalue weighted by molar-refractivity contribution is 0.415. The molecule has 0 aliphatic carbocycles. The molecule has 0 saturated carbocycles. The van der Waals surface area contributed by atoms with Gasteiger partial charge in [-0.25, -0.2) is 4.39 Å². The predicted octanol–water partition coefficient (Wildman–Crippen LogP) is 4.15. The van der Waals surface area contributed by atoms with Crippen LogP contribution in [0.3, 0.4) is 0 Å². The number of anilines is 1. The van der Waals surface area contributed by atoms with Crippen LogP contribution < -0.4 is 10.1 Å². The number of hydrogen-bond acceptors (Lipinski definition) is 5. The van der Waals surface area contributed by atoms with E-state index < -0.39 is 0 Å². The van der Waals surface area contributed by atoms with Crippen molar-refractivity contribution in [2.45, 2.75) is 6.54 Å². The van der Waals surface area contributed by atoms with Crippen LogP contribution in [0, 0.1) is 5.82 Å². The maximum Gasteiger partial charge on any atom is 0.247 e. The number of nitrogens with one attached hydrogen (secondary N) is 1. The van der Waals surface area contributed by atoms with E-state index in [1.807, 2.05) is 6.07 Å². The quantitative estimate of drug-likeness (QED) is 0.760. The van der Waals surface area contributed by atoms with Crippen molar-refractivity contribution >= 4 is 17.3 Å². The molecular weight excluding hydrogens is 321 g/mol. The first kappa shape index (κ1) is 15.3. The van der Waals surface area contributed by atoms with Crippen molar-refractivity contribution in [3.63, 3.8) is 0 Å². The highest BCUT2D eigenvalue weighted by atomic mass is 35.5. The second kappa shape index (κ2) is 6.66. The highest BCUT2D eigenvalue weighted by molar-refractivity contribution is 6.32. The molecule has 0 atom stereocenters. The van der Waals surface area contributed by atoms with Crippen LogP contribution in [0.2, 0.25) is 5.02 Å². The number of aromatic nitrogens is 2. The number of benzene rings is 2. The monoisotopic (exact) mass is 333 g/mol. The van der Waals surface area contributed by atoms with Crippen molar-refractivity contribution in [3.05, 3.63) is 59.2 Å². The summed E-state index contributed by atoms with van der Waals surface area (Å²) < 4.78 is 23.5. The van der Waals surface area contributed by atoms with E-state index in [4.69, 9.17) is 20.8 Å². The summed E-state index contributed by atoms with van der Waals surface area (Å²) in [7, 11) is 1.56. The second-order valence-corrected chi connectivity index (χ2v) is 5.12. The zero-order valence-corrected chi connectivity index (χ0v) is 13.0. The Bertz CT molecular complexity index is 805. The predicted molar refractivity (Wildman–Crippen MR) is 85.0 cm³/mol. The van der Waals surface area contributed by atoms with Crippen molar-refractivity contribution in [2.24, 2.45) is 0 Å². The van der Waals surface area contributed by atoms with Crippen molar-refractivity contribution in [1.82, 2.24) is 10.2 Å². The lowest BCUT2D eigenvalue weighted by Gasteiger charge is -2.07. The van der Waals surface area contributed by atoms with Gasteiger partial charge < -0.3 is 14.5 Å². The van der Waals surface area contributed by atoms with Crippen LogP contribution >= 0.6 is 11.6 Å². The number of halogens is 2. The molecule has 0 radical (unpaired) electrons. The average Bonchev–Trinajstić information content (AvgIpc) is 3.03. The van der Waals surface area contributed by atoms with Crippen LogP contribution in [-0.4, -0.2) is 17.3 Å². The molecule has 0 aliphatic heterocycles. The van der Waals surface area contributed by atoms with Gasteiger partial charge >= 0.3 is 0 Å². The Hall–Kier alpha value is -2.60. The minimum Gasteiger partial charge on any atom is -0.495 e. The molecule has 1 N–H and O–H groups in total. The first-order chi connectivity index (χ1) is 11.2. The maximum absolute atomic E-state index is 12.9. The molecule has 3 rings (SSSR count). The lowest BCUT2D eigenvalue weighted by atomic mass is 10.2. The van der Waals surface area contributed by atoms with E-state index in [-0.39, 0.29) is 5.82 Å². The molecular formula is C16H13ClFN3O2. The van der Waals surface area contributed by atoms with Gasteiger partial charge in [-0.1, -0.05) is 11.6 Å². The zero-order valence-electron chi connectivity index (χ0n) is 12.2. The lowest BCUT2D eigenvalue weighted by Crippen LogP contribution is -1.99. The Labute approximate surface area is 137 Å². The fourth-order valence-electron chi connectivity index (χ4n) is 1.99. The zero-order chi connectivity index (χ0) is 16.2. The summed E-state index contributed by atoms with van der Waals surface area (Å²) in [4.78, 5) is 0. The summed E-state index contributed by atoms with van der Waals surface area (Å²) in [5, 5.41) is 11.5. The second-order valence-electron chi connectivity index (χ2n) is 4.71. The average molecular weight is 334 g/mol. The molecule has 3 aromatic rings. The van der Waals surface area contributed by atoms with Crippen LogP contribution in [-0.2, 0) is 6.54 Å². The van der Waals surface area contributed by atoms with Crippen molar-refractivity contribution < 1.29 is 13.5 Å². The van der Waals surface area contributed by atoms with Gasteiger partial charge in [-0.05, 0) is 42.5 Å². The van der Waals surface area contributed by atoms with Gasteiger partial charge in [-0.2, -0.15) is 0 Å². The standard InChI is InChI=1S/C16H13ClFN3O2/c1-22-14-7-6-12(8-13(14)17)19-9-15-20-21-16(23-15)10-2-4-11(18)5-3-10/h2-8,19H,9H2,1H3. The molecule has 7 heteroatoms. The van der Waals surface area contributed by atoms with E-state index >= 15 is 0 Å². The number of methoxy groups -OCH3 is 1. The number of rotatable bonds is 5. The smallest absolute Gasteiger partial charge is 0.247 e. The van der Waals surface area contributed by atoms with Gasteiger partial charge in [0, 0.05) is 11.3 Å². The molecule has 0 bridgehead atoms. The van der Waals surface area contributed by atoms with Crippen LogP contribution in [0.1, 0.15) is 5.89 Å². The fraction of sp³-hybridized carbons (Fsp3) is 0.125. The molecule has 0 fully saturated rings. The normalized spacial score (nSPS) is 10.6. The Morgan fingerprint density at radius 3 is 2.65 bits per heavy atom. The summed E-state index contributed by atoms with van der Waals surface area (Å²) in [5.74, 6) is 1.05. The van der Waals surface area contributed by atoms with Crippen LogP contribution in [0.15, 0.2) is 46.9 Å². The number of ether oxygens (including phenoxy) is 1. The Morgan fingerprint density at radius 2 is 1.96 bits per heavy atom. The maximum atomic E-state index is 12.9. The van der Waals surface area contributed by atoms with E-state index in [1.165, 1.54) is 12.1 Å². The first-order valence-electron chi connectivity index (χ1n) is 6.81. The first-order valence-corrected chi connectivity index (χ1v) is 7.19. The van der Waals surface area contributed by atoms with Crippen LogP contribution in [0.5, 0.6) is 5.75 Å². The third-order valence-corrected chi connectivity index (χ3v) is 3.45. The van der Waals surface area contributed by atoms with Gasteiger partial charge in [-0.3, -0.25) is 0 Å². The summed E-state index contributed by atoms with van der Waals surface area (Å²) in [6, 6.07) is 11.2. The summed E-state index contributed by atoms with van der Waals surface area (Å²) >= 11 is 6.06. The molecule has 0 amide bonds. The molecule has 2 aromatic carbocycles. The minimum absolute atomic E-state index is 0.313. The Morgan fingerprint density at radius 1 is 1.17 bits per heavy atom. The van der Waals surface area contributed by atoms with Gasteiger partial charge in [0.05, 0.1) is 18.7 Å². The molecule has 0 spiro atoms. The van der Waals surface area contributed by atoms with Gasteiger partial charge in [0.15, 0.2) is 0 Å². The largest absolute Gasteiger partial charge is 0.495 e.